The Balaban J connectivity index is 1.59. The summed E-state index contributed by atoms with van der Waals surface area (Å²) in [5.41, 5.74) is 0.977. The normalized spacial score (nSPS) is 21.8. The summed E-state index contributed by atoms with van der Waals surface area (Å²) >= 11 is 0. The molecule has 0 spiro atoms. The van der Waals surface area contributed by atoms with Crippen LogP contribution in [0.15, 0.2) is 40.8 Å². The Bertz CT molecular complexity index is 530. The van der Waals surface area contributed by atoms with Crippen LogP contribution in [0.4, 0.5) is 5.69 Å². The molecule has 2 N–H and O–H groups in total. The Morgan fingerprint density at radius 1 is 1.22 bits per heavy atom. The largest absolute Gasteiger partial charge is 0.508 e. The highest BCUT2D eigenvalue weighted by Crippen LogP contribution is 2.47. The summed E-state index contributed by atoms with van der Waals surface area (Å²) in [7, 11) is 0. The van der Waals surface area contributed by atoms with Gasteiger partial charge in [-0.25, -0.2) is 0 Å². The molecular formula is C15H17NO2. The third kappa shape index (κ3) is 2.35. The van der Waals surface area contributed by atoms with Crippen LogP contribution >= 0.6 is 0 Å². The highest BCUT2D eigenvalue weighted by Gasteiger charge is 2.36. The highest BCUT2D eigenvalue weighted by atomic mass is 16.3. The molecule has 1 fully saturated rings. The molecule has 1 heterocycles. The maximum atomic E-state index is 9.19. The average Bonchev–Trinajstić information content (AvgIpc) is 2.92. The van der Waals surface area contributed by atoms with Crippen molar-refractivity contribution >= 4 is 5.69 Å². The second kappa shape index (κ2) is 4.41. The fourth-order valence-electron chi connectivity index (χ4n) is 2.18. The van der Waals surface area contributed by atoms with E-state index in [1.165, 1.54) is 6.42 Å². The van der Waals surface area contributed by atoms with Gasteiger partial charge in [-0.2, -0.15) is 0 Å². The van der Waals surface area contributed by atoms with Crippen LogP contribution in [0.25, 0.3) is 0 Å². The Morgan fingerprint density at radius 3 is 2.61 bits per heavy atom. The maximum Gasteiger partial charge on any atom is 0.123 e. The third-order valence-electron chi connectivity index (χ3n) is 3.49. The molecule has 2 aromatic rings. The molecule has 94 valence electrons. The topological polar surface area (TPSA) is 45.4 Å². The molecule has 1 saturated carbocycles. The quantitative estimate of drug-likeness (QED) is 0.804. The summed E-state index contributed by atoms with van der Waals surface area (Å²) < 4.78 is 5.81. The molecule has 0 saturated heterocycles. The minimum Gasteiger partial charge on any atom is -0.508 e. The van der Waals surface area contributed by atoms with Gasteiger partial charge in [0.05, 0.1) is 6.54 Å². The SMILES string of the molecule is CC1CC1c1ccc(CNc2ccc(O)cc2)o1. The first-order valence-corrected chi connectivity index (χ1v) is 6.34. The molecular weight excluding hydrogens is 226 g/mol. The zero-order chi connectivity index (χ0) is 12.5. The third-order valence-corrected chi connectivity index (χ3v) is 3.49. The Hall–Kier alpha value is -1.90. The van der Waals surface area contributed by atoms with E-state index in [2.05, 4.69) is 18.3 Å². The monoisotopic (exact) mass is 243 g/mol. The van der Waals surface area contributed by atoms with E-state index in [-0.39, 0.29) is 5.75 Å². The lowest BCUT2D eigenvalue weighted by Gasteiger charge is -2.04. The number of furan rings is 1. The van der Waals surface area contributed by atoms with E-state index in [1.54, 1.807) is 12.1 Å². The van der Waals surface area contributed by atoms with Gasteiger partial charge in [-0.3, -0.25) is 0 Å². The zero-order valence-corrected chi connectivity index (χ0v) is 10.4. The van der Waals surface area contributed by atoms with Crippen molar-refractivity contribution in [1.29, 1.82) is 0 Å². The maximum absolute atomic E-state index is 9.19. The van der Waals surface area contributed by atoms with E-state index in [4.69, 9.17) is 4.42 Å². The number of nitrogens with one attached hydrogen (secondary N) is 1. The molecule has 3 nitrogen and oxygen atoms in total. The number of phenols is 1. The molecule has 0 aliphatic heterocycles. The molecule has 3 rings (SSSR count). The van der Waals surface area contributed by atoms with Gasteiger partial charge in [0.2, 0.25) is 0 Å². The van der Waals surface area contributed by atoms with Crippen molar-refractivity contribution in [1.82, 2.24) is 0 Å². The van der Waals surface area contributed by atoms with Crippen molar-refractivity contribution in [3.63, 3.8) is 0 Å². The summed E-state index contributed by atoms with van der Waals surface area (Å²) in [4.78, 5) is 0. The van der Waals surface area contributed by atoms with E-state index >= 15 is 0 Å². The number of phenolic OH excluding ortho intramolecular Hbond substituents is 1. The van der Waals surface area contributed by atoms with E-state index in [9.17, 15) is 5.11 Å². The first-order valence-electron chi connectivity index (χ1n) is 6.34. The van der Waals surface area contributed by atoms with Gasteiger partial charge in [-0.15, -0.1) is 0 Å². The van der Waals surface area contributed by atoms with Crippen molar-refractivity contribution in [3.05, 3.63) is 47.9 Å². The Labute approximate surface area is 106 Å². The molecule has 1 aliphatic rings. The average molecular weight is 243 g/mol. The van der Waals surface area contributed by atoms with Crippen LogP contribution in [-0.2, 0) is 6.54 Å². The van der Waals surface area contributed by atoms with Gasteiger partial charge in [0.25, 0.3) is 0 Å². The summed E-state index contributed by atoms with van der Waals surface area (Å²) in [5.74, 6) is 3.76. The predicted molar refractivity (Wildman–Crippen MR) is 70.7 cm³/mol. The number of hydrogen-bond donors (Lipinski definition) is 2. The fourth-order valence-corrected chi connectivity index (χ4v) is 2.18. The van der Waals surface area contributed by atoms with Gasteiger partial charge in [0.1, 0.15) is 17.3 Å². The molecule has 2 unspecified atom stereocenters. The van der Waals surface area contributed by atoms with Gasteiger partial charge in [0.15, 0.2) is 0 Å². The van der Waals surface area contributed by atoms with Crippen LogP contribution in [0.1, 0.15) is 30.8 Å². The molecule has 1 aromatic carbocycles. The van der Waals surface area contributed by atoms with Crippen molar-refractivity contribution in [3.8, 4) is 5.75 Å². The minimum absolute atomic E-state index is 0.281. The smallest absolute Gasteiger partial charge is 0.123 e. The number of aromatic hydroxyl groups is 1. The van der Waals surface area contributed by atoms with Crippen molar-refractivity contribution in [2.45, 2.75) is 25.8 Å². The Kier molecular flexibility index (Phi) is 2.74. The Morgan fingerprint density at radius 2 is 1.94 bits per heavy atom. The van der Waals surface area contributed by atoms with Gasteiger partial charge >= 0.3 is 0 Å². The van der Waals surface area contributed by atoms with Gasteiger partial charge < -0.3 is 14.8 Å². The number of hydrogen-bond acceptors (Lipinski definition) is 3. The molecule has 18 heavy (non-hydrogen) atoms. The standard InChI is InChI=1S/C15H17NO2/c1-10-8-14(10)15-7-6-13(18-15)9-16-11-2-4-12(17)5-3-11/h2-7,10,14,16-17H,8-9H2,1H3. The second-order valence-electron chi connectivity index (χ2n) is 5.02. The summed E-state index contributed by atoms with van der Waals surface area (Å²) in [6.07, 6.45) is 1.25. The lowest BCUT2D eigenvalue weighted by molar-refractivity contribution is 0.468. The number of rotatable bonds is 4. The predicted octanol–water partition coefficient (Wildman–Crippen LogP) is 3.72. The first kappa shape index (κ1) is 11.2. The zero-order valence-electron chi connectivity index (χ0n) is 10.4. The minimum atomic E-state index is 0.281. The van der Waals surface area contributed by atoms with Crippen molar-refractivity contribution in [2.24, 2.45) is 5.92 Å². The fraction of sp³-hybridized carbons (Fsp3) is 0.333. The van der Waals surface area contributed by atoms with Crippen LogP contribution in [0.2, 0.25) is 0 Å². The molecule has 3 heteroatoms. The van der Waals surface area contributed by atoms with E-state index < -0.39 is 0 Å². The highest BCUT2D eigenvalue weighted by molar-refractivity contribution is 5.46. The summed E-state index contributed by atoms with van der Waals surface area (Å²) in [6.45, 7) is 2.92. The van der Waals surface area contributed by atoms with Crippen LogP contribution in [0, 0.1) is 5.92 Å². The van der Waals surface area contributed by atoms with E-state index in [1.807, 2.05) is 18.2 Å². The van der Waals surface area contributed by atoms with Gasteiger partial charge in [-0.05, 0) is 48.7 Å². The van der Waals surface area contributed by atoms with Crippen molar-refractivity contribution in [2.75, 3.05) is 5.32 Å². The van der Waals surface area contributed by atoms with E-state index in [0.717, 1.165) is 23.1 Å². The van der Waals surface area contributed by atoms with Gasteiger partial charge in [-0.1, -0.05) is 6.92 Å². The van der Waals surface area contributed by atoms with E-state index in [0.29, 0.717) is 12.5 Å². The molecule has 1 aliphatic carbocycles. The number of anilines is 1. The molecule has 0 bridgehead atoms. The van der Waals surface area contributed by atoms with Gasteiger partial charge in [0, 0.05) is 11.6 Å². The lowest BCUT2D eigenvalue weighted by atomic mass is 10.3. The second-order valence-corrected chi connectivity index (χ2v) is 5.02. The summed E-state index contributed by atoms with van der Waals surface area (Å²) in [6, 6.07) is 11.2. The first-order chi connectivity index (χ1) is 8.72. The van der Waals surface area contributed by atoms with Crippen LogP contribution in [0.5, 0.6) is 5.75 Å². The lowest BCUT2D eigenvalue weighted by Crippen LogP contribution is -1.97. The van der Waals surface area contributed by atoms with Crippen molar-refractivity contribution < 1.29 is 9.52 Å². The molecule has 2 atom stereocenters. The van der Waals surface area contributed by atoms with Crippen LogP contribution in [0.3, 0.4) is 0 Å². The summed E-state index contributed by atoms with van der Waals surface area (Å²) in [5, 5.41) is 12.5. The molecule has 0 amide bonds. The number of benzene rings is 1. The molecule has 1 aromatic heterocycles. The molecule has 0 radical (unpaired) electrons. The van der Waals surface area contributed by atoms with Crippen LogP contribution < -0.4 is 5.32 Å². The van der Waals surface area contributed by atoms with Crippen LogP contribution in [-0.4, -0.2) is 5.11 Å².